The van der Waals surface area contributed by atoms with Crippen LogP contribution in [0, 0.1) is 0 Å². The Labute approximate surface area is 497 Å². The van der Waals surface area contributed by atoms with Crippen LogP contribution < -0.4 is 5.73 Å². The zero-order valence-electron chi connectivity index (χ0n) is 53.3. The first kappa shape index (κ1) is 78.5. The maximum atomic E-state index is 12.8. The highest BCUT2D eigenvalue weighted by Gasteiger charge is 2.26. The van der Waals surface area contributed by atoms with E-state index in [0.717, 1.165) is 38.5 Å². The lowest BCUT2D eigenvalue weighted by Crippen LogP contribution is -2.29. The van der Waals surface area contributed by atoms with Gasteiger partial charge in [-0.15, -0.1) is 0 Å². The summed E-state index contributed by atoms with van der Waals surface area (Å²) in [6.45, 7) is 3.82. The van der Waals surface area contributed by atoms with Crippen molar-refractivity contribution in [3.05, 3.63) is 24.3 Å². The predicted molar refractivity (Wildman–Crippen MR) is 344 cm³/mol. The molecule has 474 valence electrons. The maximum absolute atomic E-state index is 12.8. The molecule has 0 aromatic heterocycles. The van der Waals surface area contributed by atoms with Gasteiger partial charge in [0.2, 0.25) is 0 Å². The highest BCUT2D eigenvalue weighted by molar-refractivity contribution is 7.47. The highest BCUT2D eigenvalue weighted by atomic mass is 31.2. The fourth-order valence-electron chi connectivity index (χ4n) is 10.8. The Morgan fingerprint density at radius 2 is 0.650 bits per heavy atom. The Kier molecular flexibility index (Phi) is 65.4. The molecule has 2 atom stereocenters. The van der Waals surface area contributed by atoms with Gasteiger partial charge in [-0.3, -0.25) is 18.6 Å². The van der Waals surface area contributed by atoms with Gasteiger partial charge in [0.05, 0.1) is 13.2 Å². The number of hydrogen-bond acceptors (Lipinski definition) is 8. The largest absolute Gasteiger partial charge is 0.472 e. The highest BCUT2D eigenvalue weighted by Crippen LogP contribution is 2.43. The van der Waals surface area contributed by atoms with E-state index in [4.69, 9.17) is 24.3 Å². The van der Waals surface area contributed by atoms with E-state index in [0.29, 0.717) is 6.42 Å². The van der Waals surface area contributed by atoms with Crippen LogP contribution in [-0.4, -0.2) is 49.3 Å². The summed E-state index contributed by atoms with van der Waals surface area (Å²) in [5, 5.41) is 0. The molecule has 0 fully saturated rings. The summed E-state index contributed by atoms with van der Waals surface area (Å²) < 4.78 is 33.2. The number of rotatable bonds is 68. The summed E-state index contributed by atoms with van der Waals surface area (Å²) >= 11 is 0. The summed E-state index contributed by atoms with van der Waals surface area (Å²) in [4.78, 5) is 35.4. The Morgan fingerprint density at radius 3 is 0.950 bits per heavy atom. The molecule has 0 aliphatic rings. The van der Waals surface area contributed by atoms with E-state index in [9.17, 15) is 19.0 Å². The molecule has 0 saturated heterocycles. The van der Waals surface area contributed by atoms with Crippen LogP contribution in [0.15, 0.2) is 24.3 Å². The third-order valence-corrected chi connectivity index (χ3v) is 17.1. The number of nitrogens with two attached hydrogens (primary N) is 1. The standard InChI is InChI=1S/C70H136NO8P/c1-3-5-7-9-11-13-15-17-19-21-23-25-27-29-31-33-35-36-38-40-42-44-46-48-50-52-54-56-58-60-62-69(72)76-66-68(67-78-80(74,75)77-65-64-71)79-70(73)63-61-59-57-55-53-51-49-47-45-43-41-39-37-34-32-30-28-26-24-22-20-18-16-14-12-10-8-6-4-2/h16,18,22,24,68H,3-15,17,19-21,23,25-67,71H2,1-2H3,(H,74,75)/b18-16-,24-22-. The number of hydrogen-bond donors (Lipinski definition) is 2. The normalized spacial score (nSPS) is 13.0. The van der Waals surface area contributed by atoms with Crippen molar-refractivity contribution in [1.29, 1.82) is 0 Å². The van der Waals surface area contributed by atoms with Crippen LogP contribution in [0.5, 0.6) is 0 Å². The molecule has 0 rings (SSSR count). The Balaban J connectivity index is 3.81. The molecule has 0 radical (unpaired) electrons. The maximum Gasteiger partial charge on any atom is 0.472 e. The molecule has 3 N–H and O–H groups in total. The number of carbonyl (C=O) groups is 2. The van der Waals surface area contributed by atoms with Crippen molar-refractivity contribution >= 4 is 19.8 Å². The number of carbonyl (C=O) groups excluding carboxylic acids is 2. The van der Waals surface area contributed by atoms with Gasteiger partial charge in [-0.25, -0.2) is 4.57 Å². The van der Waals surface area contributed by atoms with E-state index in [1.54, 1.807) is 0 Å². The van der Waals surface area contributed by atoms with E-state index < -0.39 is 26.5 Å². The van der Waals surface area contributed by atoms with E-state index >= 15 is 0 Å². The number of phosphoric ester groups is 1. The molecule has 0 aromatic rings. The second-order valence-corrected chi connectivity index (χ2v) is 25.6. The minimum atomic E-state index is -4.39. The molecule has 10 heteroatoms. The molecule has 0 bridgehead atoms. The van der Waals surface area contributed by atoms with Crippen LogP contribution in [0.3, 0.4) is 0 Å². The van der Waals surface area contributed by atoms with Gasteiger partial charge in [-0.05, 0) is 44.9 Å². The van der Waals surface area contributed by atoms with Crippen molar-refractivity contribution in [2.24, 2.45) is 5.73 Å². The van der Waals surface area contributed by atoms with Crippen molar-refractivity contribution in [3.8, 4) is 0 Å². The number of esters is 2. The zero-order chi connectivity index (χ0) is 58.0. The van der Waals surface area contributed by atoms with Crippen LogP contribution in [0.25, 0.3) is 0 Å². The predicted octanol–water partition coefficient (Wildman–Crippen LogP) is 22.9. The smallest absolute Gasteiger partial charge is 0.462 e. The lowest BCUT2D eigenvalue weighted by molar-refractivity contribution is -0.161. The summed E-state index contributed by atoms with van der Waals surface area (Å²) in [7, 11) is -4.39. The molecule has 0 saturated carbocycles. The lowest BCUT2D eigenvalue weighted by Gasteiger charge is -2.19. The van der Waals surface area contributed by atoms with Crippen LogP contribution in [0.1, 0.15) is 380 Å². The van der Waals surface area contributed by atoms with Crippen molar-refractivity contribution in [2.75, 3.05) is 26.4 Å². The molecular weight excluding hydrogens is 1010 g/mol. The quantitative estimate of drug-likeness (QED) is 0.0264. The van der Waals surface area contributed by atoms with Gasteiger partial charge in [0.1, 0.15) is 6.61 Å². The first-order valence-electron chi connectivity index (χ1n) is 35.3. The van der Waals surface area contributed by atoms with Crippen molar-refractivity contribution in [3.63, 3.8) is 0 Å². The number of unbranched alkanes of at least 4 members (excludes halogenated alkanes) is 51. The fourth-order valence-corrected chi connectivity index (χ4v) is 11.6. The van der Waals surface area contributed by atoms with Gasteiger partial charge < -0.3 is 20.1 Å². The first-order chi connectivity index (χ1) is 39.3. The Morgan fingerprint density at radius 1 is 0.375 bits per heavy atom. The number of allylic oxidation sites excluding steroid dienone is 4. The summed E-state index contributed by atoms with van der Waals surface area (Å²) in [6, 6.07) is 0. The SMILES string of the molecule is CCCCCCC/C=C\C/C=C\CCCCCCCCCCCCCCCCCCCC(=O)OC(COC(=O)CCCCCCCCCCCCCCCCCCCCCCCCCCCCCCCC)COP(=O)(O)OCCN. The van der Waals surface area contributed by atoms with Gasteiger partial charge in [-0.2, -0.15) is 0 Å². The molecular formula is C70H136NO8P. The lowest BCUT2D eigenvalue weighted by atomic mass is 10.0. The van der Waals surface area contributed by atoms with Crippen molar-refractivity contribution in [2.45, 2.75) is 386 Å². The second kappa shape index (κ2) is 66.6. The summed E-state index contributed by atoms with van der Waals surface area (Å²) in [5.74, 6) is -0.803. The van der Waals surface area contributed by atoms with Gasteiger partial charge in [0.25, 0.3) is 0 Å². The average molecular weight is 1150 g/mol. The first-order valence-corrected chi connectivity index (χ1v) is 36.8. The Hall–Kier alpha value is -1.51. The van der Waals surface area contributed by atoms with Crippen molar-refractivity contribution < 1.29 is 37.6 Å². The fraction of sp³-hybridized carbons (Fsp3) is 0.914. The van der Waals surface area contributed by atoms with Crippen molar-refractivity contribution in [1.82, 2.24) is 0 Å². The molecule has 80 heavy (non-hydrogen) atoms. The van der Waals surface area contributed by atoms with Crippen LogP contribution in [0.2, 0.25) is 0 Å². The number of ether oxygens (including phenoxy) is 2. The zero-order valence-corrected chi connectivity index (χ0v) is 54.2. The topological polar surface area (TPSA) is 134 Å². The molecule has 9 nitrogen and oxygen atoms in total. The van der Waals surface area contributed by atoms with E-state index in [-0.39, 0.29) is 38.6 Å². The molecule has 2 unspecified atom stereocenters. The molecule has 0 aliphatic carbocycles. The summed E-state index contributed by atoms with van der Waals surface area (Å²) in [6.07, 6.45) is 81.4. The minimum Gasteiger partial charge on any atom is -0.462 e. The second-order valence-electron chi connectivity index (χ2n) is 24.1. The number of phosphoric acid groups is 1. The molecule has 0 aliphatic heterocycles. The Bertz CT molecular complexity index is 1360. The van der Waals surface area contributed by atoms with Gasteiger partial charge in [0.15, 0.2) is 6.10 Å². The van der Waals surface area contributed by atoms with Gasteiger partial charge >= 0.3 is 19.8 Å². The van der Waals surface area contributed by atoms with E-state index in [1.165, 1.54) is 308 Å². The monoisotopic (exact) mass is 1150 g/mol. The molecule has 0 spiro atoms. The van der Waals surface area contributed by atoms with Crippen LogP contribution in [0.4, 0.5) is 0 Å². The minimum absolute atomic E-state index is 0.0568. The van der Waals surface area contributed by atoms with Crippen LogP contribution in [-0.2, 0) is 32.7 Å². The third-order valence-electron chi connectivity index (χ3n) is 16.1. The molecule has 0 heterocycles. The molecule has 0 aromatic carbocycles. The average Bonchev–Trinajstić information content (AvgIpc) is 3.45. The summed E-state index contributed by atoms with van der Waals surface area (Å²) in [5.41, 5.74) is 5.40. The van der Waals surface area contributed by atoms with E-state index in [2.05, 4.69) is 38.2 Å². The van der Waals surface area contributed by atoms with Gasteiger partial charge in [0, 0.05) is 19.4 Å². The third kappa shape index (κ3) is 65.6. The van der Waals surface area contributed by atoms with Crippen LogP contribution >= 0.6 is 7.82 Å². The van der Waals surface area contributed by atoms with E-state index in [1.807, 2.05) is 0 Å². The van der Waals surface area contributed by atoms with Gasteiger partial charge in [-0.1, -0.05) is 346 Å². The molecule has 0 amide bonds.